The smallest absolute Gasteiger partial charge is 0.193 e. The Hall–Kier alpha value is -0.580. The molecule has 27 heavy (non-hydrogen) atoms. The van der Waals surface area contributed by atoms with Gasteiger partial charge in [-0.05, 0) is 42.7 Å². The molecule has 0 amide bonds. The van der Waals surface area contributed by atoms with Crippen LogP contribution in [0.3, 0.4) is 0 Å². The lowest BCUT2D eigenvalue weighted by Gasteiger charge is -2.37. The first-order valence-electron chi connectivity index (χ1n) is 9.76. The molecule has 1 aromatic rings. The van der Waals surface area contributed by atoms with Crippen LogP contribution in [0.5, 0.6) is 0 Å². The van der Waals surface area contributed by atoms with Gasteiger partial charge >= 0.3 is 0 Å². The molecule has 0 unspecified atom stereocenters. The van der Waals surface area contributed by atoms with Gasteiger partial charge in [0.1, 0.15) is 0 Å². The highest BCUT2D eigenvalue weighted by Crippen LogP contribution is 2.22. The molecule has 0 spiro atoms. The van der Waals surface area contributed by atoms with Crippen molar-refractivity contribution in [1.82, 2.24) is 10.2 Å². The maximum Gasteiger partial charge on any atom is 0.193 e. The average Bonchev–Trinajstić information content (AvgIpc) is 3.23. The molecule has 0 radical (unpaired) electrons. The van der Waals surface area contributed by atoms with Crippen LogP contribution < -0.4 is 10.2 Å². The number of thiophene rings is 1. The number of nitrogens with zero attached hydrogens (tertiary/aromatic N) is 3. The predicted octanol–water partition coefficient (Wildman–Crippen LogP) is 2.90. The predicted molar refractivity (Wildman–Crippen MR) is 124 cm³/mol. The number of hydrogen-bond donors (Lipinski definition) is 1. The Labute approximate surface area is 184 Å². The fraction of sp³-hybridized carbons (Fsp3) is 0.737. The van der Waals surface area contributed by atoms with Gasteiger partial charge in [-0.2, -0.15) is 0 Å². The van der Waals surface area contributed by atoms with Gasteiger partial charge in [0, 0.05) is 66.2 Å². The number of rotatable bonds is 7. The molecule has 2 aliphatic heterocycles. The number of aliphatic imine (C=N–C) groups is 1. The standard InChI is InChI=1S/C19H32N4O2S.HI/c1-20-19(21-7-3-12-25-16-17-5-13-24-14-6-17)23-10-8-22(9-11-23)18-4-2-15-26-18;/h2,4,15,17H,3,5-14,16H2,1H3,(H,20,21);1H. The van der Waals surface area contributed by atoms with Gasteiger partial charge in [0.25, 0.3) is 0 Å². The maximum atomic E-state index is 5.83. The van der Waals surface area contributed by atoms with E-state index >= 15 is 0 Å². The average molecular weight is 508 g/mol. The summed E-state index contributed by atoms with van der Waals surface area (Å²) in [5.41, 5.74) is 0. The van der Waals surface area contributed by atoms with Crippen LogP contribution in [0.15, 0.2) is 22.5 Å². The minimum atomic E-state index is 0. The summed E-state index contributed by atoms with van der Waals surface area (Å²) in [5, 5.41) is 7.00. The molecular formula is C19H33IN4O2S. The van der Waals surface area contributed by atoms with E-state index in [4.69, 9.17) is 9.47 Å². The number of anilines is 1. The van der Waals surface area contributed by atoms with E-state index in [2.05, 4.69) is 37.6 Å². The van der Waals surface area contributed by atoms with Crippen LogP contribution in [0.25, 0.3) is 0 Å². The highest BCUT2D eigenvalue weighted by molar-refractivity contribution is 14.0. The van der Waals surface area contributed by atoms with Crippen molar-refractivity contribution in [2.24, 2.45) is 10.9 Å². The van der Waals surface area contributed by atoms with E-state index in [1.54, 1.807) is 0 Å². The summed E-state index contributed by atoms with van der Waals surface area (Å²) in [6, 6.07) is 4.32. The molecule has 2 fully saturated rings. The van der Waals surface area contributed by atoms with Crippen molar-refractivity contribution in [3.63, 3.8) is 0 Å². The van der Waals surface area contributed by atoms with E-state index in [9.17, 15) is 0 Å². The molecule has 6 nitrogen and oxygen atoms in total. The molecule has 1 aromatic heterocycles. The largest absolute Gasteiger partial charge is 0.381 e. The molecular weight excluding hydrogens is 475 g/mol. The third kappa shape index (κ3) is 7.40. The lowest BCUT2D eigenvalue weighted by Crippen LogP contribution is -2.52. The van der Waals surface area contributed by atoms with Crippen LogP contribution >= 0.6 is 35.3 Å². The third-order valence-electron chi connectivity index (χ3n) is 5.05. The third-order valence-corrected chi connectivity index (χ3v) is 5.98. The molecule has 154 valence electrons. The van der Waals surface area contributed by atoms with Crippen LogP contribution in [-0.2, 0) is 9.47 Å². The molecule has 0 bridgehead atoms. The Kier molecular flexibility index (Phi) is 10.8. The summed E-state index contributed by atoms with van der Waals surface area (Å²) in [6.45, 7) is 8.51. The first-order chi connectivity index (χ1) is 12.9. The number of halogens is 1. The Morgan fingerprint density at radius 1 is 1.30 bits per heavy atom. The van der Waals surface area contributed by atoms with Crippen molar-refractivity contribution in [1.29, 1.82) is 0 Å². The van der Waals surface area contributed by atoms with Crippen molar-refractivity contribution < 1.29 is 9.47 Å². The highest BCUT2D eigenvalue weighted by atomic mass is 127. The van der Waals surface area contributed by atoms with Crippen LogP contribution in [0.2, 0.25) is 0 Å². The summed E-state index contributed by atoms with van der Waals surface area (Å²) in [7, 11) is 1.87. The Balaban J connectivity index is 0.00000261. The van der Waals surface area contributed by atoms with Gasteiger partial charge < -0.3 is 24.6 Å². The minimum Gasteiger partial charge on any atom is -0.381 e. The molecule has 0 atom stereocenters. The Morgan fingerprint density at radius 2 is 2.07 bits per heavy atom. The highest BCUT2D eigenvalue weighted by Gasteiger charge is 2.20. The van der Waals surface area contributed by atoms with Crippen molar-refractivity contribution >= 4 is 46.3 Å². The van der Waals surface area contributed by atoms with Crippen LogP contribution in [0.4, 0.5) is 5.00 Å². The molecule has 8 heteroatoms. The second-order valence-electron chi connectivity index (χ2n) is 6.88. The summed E-state index contributed by atoms with van der Waals surface area (Å²) >= 11 is 1.82. The second kappa shape index (κ2) is 12.8. The summed E-state index contributed by atoms with van der Waals surface area (Å²) in [4.78, 5) is 9.26. The van der Waals surface area contributed by atoms with Gasteiger partial charge in [-0.15, -0.1) is 35.3 Å². The van der Waals surface area contributed by atoms with E-state index in [0.717, 1.165) is 84.4 Å². The Morgan fingerprint density at radius 3 is 2.74 bits per heavy atom. The van der Waals surface area contributed by atoms with E-state index in [0.29, 0.717) is 5.92 Å². The van der Waals surface area contributed by atoms with Crippen LogP contribution in [0, 0.1) is 5.92 Å². The Bertz CT molecular complexity index is 530. The summed E-state index contributed by atoms with van der Waals surface area (Å²) in [6.07, 6.45) is 3.29. The van der Waals surface area contributed by atoms with Gasteiger partial charge in [-0.25, -0.2) is 0 Å². The first kappa shape index (κ1) is 22.7. The second-order valence-corrected chi connectivity index (χ2v) is 7.81. The molecule has 2 aliphatic rings. The zero-order valence-corrected chi connectivity index (χ0v) is 19.4. The van der Waals surface area contributed by atoms with Crippen molar-refractivity contribution in [2.75, 3.05) is 71.1 Å². The van der Waals surface area contributed by atoms with Crippen molar-refractivity contribution in [2.45, 2.75) is 19.3 Å². The van der Waals surface area contributed by atoms with Crippen molar-refractivity contribution in [3.8, 4) is 0 Å². The number of hydrogen-bond acceptors (Lipinski definition) is 5. The molecule has 1 N–H and O–H groups in total. The maximum absolute atomic E-state index is 5.83. The zero-order valence-electron chi connectivity index (χ0n) is 16.3. The van der Waals surface area contributed by atoms with Gasteiger partial charge in [-0.3, -0.25) is 4.99 Å². The SMILES string of the molecule is CN=C(NCCCOCC1CCOCC1)N1CCN(c2cccs2)CC1.I. The number of piperazine rings is 1. The van der Waals surface area contributed by atoms with E-state index in [1.165, 1.54) is 5.00 Å². The lowest BCUT2D eigenvalue weighted by molar-refractivity contribution is 0.0203. The zero-order chi connectivity index (χ0) is 18.0. The number of nitrogens with one attached hydrogen (secondary N) is 1. The normalized spacial score (nSPS) is 19.1. The molecule has 0 aliphatic carbocycles. The van der Waals surface area contributed by atoms with E-state index < -0.39 is 0 Å². The summed E-state index contributed by atoms with van der Waals surface area (Å²) in [5.74, 6) is 1.70. The molecule has 2 saturated heterocycles. The van der Waals surface area contributed by atoms with Gasteiger partial charge in [0.2, 0.25) is 0 Å². The van der Waals surface area contributed by atoms with Crippen molar-refractivity contribution in [3.05, 3.63) is 17.5 Å². The summed E-state index contributed by atoms with van der Waals surface area (Å²) < 4.78 is 11.2. The topological polar surface area (TPSA) is 49.3 Å². The van der Waals surface area contributed by atoms with Gasteiger partial charge in [0.15, 0.2) is 5.96 Å². The number of guanidine groups is 1. The first-order valence-corrected chi connectivity index (χ1v) is 10.6. The fourth-order valence-corrected chi connectivity index (χ4v) is 4.24. The van der Waals surface area contributed by atoms with E-state index in [-0.39, 0.29) is 24.0 Å². The minimum absolute atomic E-state index is 0. The van der Waals surface area contributed by atoms with Gasteiger partial charge in [-0.1, -0.05) is 0 Å². The molecule has 0 saturated carbocycles. The molecule has 3 heterocycles. The fourth-order valence-electron chi connectivity index (χ4n) is 3.46. The monoisotopic (exact) mass is 508 g/mol. The quantitative estimate of drug-likeness (QED) is 0.266. The molecule has 3 rings (SSSR count). The van der Waals surface area contributed by atoms with Crippen LogP contribution in [0.1, 0.15) is 19.3 Å². The van der Waals surface area contributed by atoms with Crippen LogP contribution in [-0.4, -0.2) is 77.1 Å². The number of ether oxygens (including phenoxy) is 2. The van der Waals surface area contributed by atoms with E-state index in [1.807, 2.05) is 18.4 Å². The molecule has 0 aromatic carbocycles. The van der Waals surface area contributed by atoms with Gasteiger partial charge in [0.05, 0.1) is 5.00 Å². The lowest BCUT2D eigenvalue weighted by atomic mass is 10.0.